The molecule has 0 bridgehead atoms. The van der Waals surface area contributed by atoms with Gasteiger partial charge in [-0.2, -0.15) is 13.2 Å². The first kappa shape index (κ1) is 18.7. The number of quaternary nitrogens is 2. The lowest BCUT2D eigenvalue weighted by Crippen LogP contribution is -3.14. The third kappa shape index (κ3) is 6.46. The lowest BCUT2D eigenvalue weighted by atomic mass is 10.2. The Morgan fingerprint density at radius 3 is 2.75 bits per heavy atom. The van der Waals surface area contributed by atoms with Gasteiger partial charge in [0, 0.05) is 12.1 Å². The van der Waals surface area contributed by atoms with Crippen molar-refractivity contribution in [3.63, 3.8) is 0 Å². The molecule has 0 aromatic heterocycles. The molecule has 0 spiro atoms. The Morgan fingerprint density at radius 1 is 1.29 bits per heavy atom. The van der Waals surface area contributed by atoms with Gasteiger partial charge in [-0.3, -0.25) is 4.79 Å². The van der Waals surface area contributed by atoms with Gasteiger partial charge in [-0.15, -0.1) is 0 Å². The van der Waals surface area contributed by atoms with Gasteiger partial charge in [0.1, 0.15) is 13.1 Å². The van der Waals surface area contributed by atoms with E-state index in [1.165, 1.54) is 17.0 Å². The summed E-state index contributed by atoms with van der Waals surface area (Å²) in [6.45, 7) is 5.73. The van der Waals surface area contributed by atoms with Crippen LogP contribution in [0.5, 0.6) is 0 Å². The number of ether oxygens (including phenoxy) is 1. The van der Waals surface area contributed by atoms with Crippen molar-refractivity contribution in [3.05, 3.63) is 29.8 Å². The van der Waals surface area contributed by atoms with Gasteiger partial charge < -0.3 is 20.3 Å². The van der Waals surface area contributed by atoms with Crippen molar-refractivity contribution in [1.29, 1.82) is 0 Å². The molecule has 1 aliphatic rings. The zero-order chi connectivity index (χ0) is 17.4. The fourth-order valence-electron chi connectivity index (χ4n) is 2.62. The van der Waals surface area contributed by atoms with Crippen LogP contribution in [0.3, 0.4) is 0 Å². The molecule has 2 rings (SSSR count). The highest BCUT2D eigenvalue weighted by Crippen LogP contribution is 2.30. The maximum atomic E-state index is 12.6. The summed E-state index contributed by atoms with van der Waals surface area (Å²) >= 11 is 0. The van der Waals surface area contributed by atoms with Crippen LogP contribution in [0.4, 0.5) is 18.9 Å². The van der Waals surface area contributed by atoms with Crippen molar-refractivity contribution in [3.8, 4) is 0 Å². The second-order valence-corrected chi connectivity index (χ2v) is 5.87. The van der Waals surface area contributed by atoms with E-state index in [2.05, 4.69) is 5.32 Å². The van der Waals surface area contributed by atoms with Gasteiger partial charge in [-0.1, -0.05) is 6.07 Å². The Morgan fingerprint density at radius 2 is 2.04 bits per heavy atom. The third-order valence-corrected chi connectivity index (χ3v) is 3.94. The molecule has 0 aliphatic carbocycles. The molecule has 0 atom stereocenters. The largest absolute Gasteiger partial charge is 0.416 e. The molecule has 1 heterocycles. The fourth-order valence-corrected chi connectivity index (χ4v) is 2.62. The van der Waals surface area contributed by atoms with Crippen molar-refractivity contribution in [2.24, 2.45) is 0 Å². The molecule has 8 heteroatoms. The van der Waals surface area contributed by atoms with E-state index in [0.717, 1.165) is 57.9 Å². The lowest BCUT2D eigenvalue weighted by molar-refractivity contribution is -0.909. The van der Waals surface area contributed by atoms with Crippen molar-refractivity contribution >= 4 is 11.6 Å². The molecule has 1 amide bonds. The number of halogens is 3. The van der Waals surface area contributed by atoms with Crippen molar-refractivity contribution in [1.82, 2.24) is 0 Å². The van der Waals surface area contributed by atoms with Crippen LogP contribution in [0.2, 0.25) is 0 Å². The van der Waals surface area contributed by atoms with Gasteiger partial charge in [0.15, 0.2) is 6.54 Å². The Kier molecular flexibility index (Phi) is 7.01. The lowest BCUT2D eigenvalue weighted by Gasteiger charge is -2.23. The van der Waals surface area contributed by atoms with E-state index in [1.54, 1.807) is 0 Å². The highest BCUT2D eigenvalue weighted by Gasteiger charge is 2.30. The number of amides is 1. The summed E-state index contributed by atoms with van der Waals surface area (Å²) in [6, 6.07) is 4.66. The molecule has 0 radical (unpaired) electrons. The van der Waals surface area contributed by atoms with Gasteiger partial charge >= 0.3 is 6.18 Å². The van der Waals surface area contributed by atoms with E-state index in [1.807, 2.05) is 5.32 Å². The SMILES string of the molecule is O=C(C[NH2+]CCC[NH+]1CCOCC1)Nc1cccc(C(F)(F)F)c1. The summed E-state index contributed by atoms with van der Waals surface area (Å²) in [6.07, 6.45) is -3.42. The van der Waals surface area contributed by atoms with E-state index < -0.39 is 11.7 Å². The number of carbonyl (C=O) groups excluding carboxylic acids is 1. The maximum absolute atomic E-state index is 12.6. The zero-order valence-electron chi connectivity index (χ0n) is 13.5. The molecule has 0 unspecified atom stereocenters. The number of rotatable bonds is 7. The molecule has 0 saturated carbocycles. The first-order valence-corrected chi connectivity index (χ1v) is 8.15. The van der Waals surface area contributed by atoms with E-state index in [-0.39, 0.29) is 18.1 Å². The molecule has 1 aromatic carbocycles. The number of nitrogens with two attached hydrogens (primary N) is 1. The predicted octanol–water partition coefficient (Wildman–Crippen LogP) is -0.487. The highest BCUT2D eigenvalue weighted by atomic mass is 19.4. The molecule has 1 aromatic rings. The highest BCUT2D eigenvalue weighted by molar-refractivity contribution is 5.91. The molecule has 1 aliphatic heterocycles. The molecular weight excluding hydrogens is 323 g/mol. The van der Waals surface area contributed by atoms with Gasteiger partial charge in [0.25, 0.3) is 5.91 Å². The van der Waals surface area contributed by atoms with Crippen molar-refractivity contribution in [2.45, 2.75) is 12.6 Å². The smallest absolute Gasteiger partial charge is 0.370 e. The Bertz CT molecular complexity index is 532. The number of alkyl halides is 3. The second-order valence-electron chi connectivity index (χ2n) is 5.87. The molecule has 5 nitrogen and oxygen atoms in total. The monoisotopic (exact) mass is 347 g/mol. The molecule has 1 fully saturated rings. The van der Waals surface area contributed by atoms with Crippen LogP contribution in [0, 0.1) is 0 Å². The Labute approximate surface area is 139 Å². The summed E-state index contributed by atoms with van der Waals surface area (Å²) in [5.41, 5.74) is -0.598. The van der Waals surface area contributed by atoms with E-state index in [4.69, 9.17) is 4.74 Å². The van der Waals surface area contributed by atoms with Gasteiger partial charge in [-0.05, 0) is 18.2 Å². The topological polar surface area (TPSA) is 59.4 Å². The Hall–Kier alpha value is -1.64. The second kappa shape index (κ2) is 9.00. The molecule has 134 valence electrons. The van der Waals surface area contributed by atoms with Crippen LogP contribution in [0.25, 0.3) is 0 Å². The summed E-state index contributed by atoms with van der Waals surface area (Å²) in [5, 5.41) is 4.38. The van der Waals surface area contributed by atoms with Gasteiger partial charge in [0.05, 0.1) is 31.9 Å². The van der Waals surface area contributed by atoms with Crippen LogP contribution in [-0.2, 0) is 15.7 Å². The average Bonchev–Trinajstić information content (AvgIpc) is 2.55. The summed E-state index contributed by atoms with van der Waals surface area (Å²) in [4.78, 5) is 13.3. The minimum atomic E-state index is -4.41. The van der Waals surface area contributed by atoms with Crippen LogP contribution in [0.1, 0.15) is 12.0 Å². The summed E-state index contributed by atoms with van der Waals surface area (Å²) < 4.78 is 43.1. The first-order valence-electron chi connectivity index (χ1n) is 8.15. The van der Waals surface area contributed by atoms with Crippen molar-refractivity contribution in [2.75, 3.05) is 51.3 Å². The number of benzene rings is 1. The average molecular weight is 347 g/mol. The third-order valence-electron chi connectivity index (χ3n) is 3.94. The quantitative estimate of drug-likeness (QED) is 0.583. The van der Waals surface area contributed by atoms with Crippen LogP contribution < -0.4 is 15.5 Å². The van der Waals surface area contributed by atoms with E-state index in [0.29, 0.717) is 0 Å². The fraction of sp³-hybridized carbons (Fsp3) is 0.562. The van der Waals surface area contributed by atoms with Gasteiger partial charge in [0.2, 0.25) is 0 Å². The number of carbonyl (C=O) groups is 1. The molecule has 4 N–H and O–H groups in total. The first-order chi connectivity index (χ1) is 11.4. The number of morpholine rings is 1. The number of hydrogen-bond donors (Lipinski definition) is 3. The minimum absolute atomic E-state index is 0.168. The summed E-state index contributed by atoms with van der Waals surface area (Å²) in [7, 11) is 0. The van der Waals surface area contributed by atoms with Gasteiger partial charge in [-0.25, -0.2) is 0 Å². The molecular formula is C16H24F3N3O2+2. The molecule has 24 heavy (non-hydrogen) atoms. The minimum Gasteiger partial charge on any atom is -0.370 e. The summed E-state index contributed by atoms with van der Waals surface area (Å²) in [5.74, 6) is -0.298. The van der Waals surface area contributed by atoms with Crippen molar-refractivity contribution < 1.29 is 32.9 Å². The predicted molar refractivity (Wildman–Crippen MR) is 82.7 cm³/mol. The standard InChI is InChI=1S/C16H22F3N3O2/c17-16(18,19)13-3-1-4-14(11-13)21-15(23)12-20-5-2-6-22-7-9-24-10-8-22/h1,3-4,11,20H,2,5-10,12H2,(H,21,23)/p+2. The normalized spacial score (nSPS) is 16.1. The maximum Gasteiger partial charge on any atom is 0.416 e. The van der Waals surface area contributed by atoms with Crippen LogP contribution in [-0.4, -0.2) is 51.8 Å². The molecule has 1 saturated heterocycles. The number of nitrogens with one attached hydrogen (secondary N) is 2. The van der Waals surface area contributed by atoms with E-state index >= 15 is 0 Å². The number of hydrogen-bond acceptors (Lipinski definition) is 2. The van der Waals surface area contributed by atoms with Crippen LogP contribution in [0.15, 0.2) is 24.3 Å². The Balaban J connectivity index is 1.64. The number of anilines is 1. The van der Waals surface area contributed by atoms with E-state index in [9.17, 15) is 18.0 Å². The zero-order valence-corrected chi connectivity index (χ0v) is 13.5. The van der Waals surface area contributed by atoms with Crippen LogP contribution >= 0.6 is 0 Å².